The zero-order chi connectivity index (χ0) is 10.2. The number of allylic oxidation sites excluding steroid dienone is 1. The lowest BCUT2D eigenvalue weighted by Gasteiger charge is -2.09. The predicted octanol–water partition coefficient (Wildman–Crippen LogP) is 2.65. The Labute approximate surface area is 86.8 Å². The van der Waals surface area contributed by atoms with Gasteiger partial charge in [-0.1, -0.05) is 31.9 Å². The van der Waals surface area contributed by atoms with Gasteiger partial charge in [-0.25, -0.2) is 0 Å². The van der Waals surface area contributed by atoms with Gasteiger partial charge in [-0.3, -0.25) is 4.79 Å². The number of nitrogens with one attached hydrogen (secondary N) is 1. The van der Waals surface area contributed by atoms with Gasteiger partial charge in [0.2, 0.25) is 5.91 Å². The van der Waals surface area contributed by atoms with Gasteiger partial charge in [-0.2, -0.15) is 0 Å². The Hall–Kier alpha value is -0.790. The fraction of sp³-hybridized carbons (Fsp3) is 0.750. The second kappa shape index (κ2) is 6.63. The van der Waals surface area contributed by atoms with Crippen LogP contribution in [0.4, 0.5) is 0 Å². The van der Waals surface area contributed by atoms with E-state index >= 15 is 0 Å². The third-order valence-corrected chi connectivity index (χ3v) is 2.61. The number of carbonyl (C=O) groups excluding carboxylic acids is 1. The number of amides is 1. The summed E-state index contributed by atoms with van der Waals surface area (Å²) in [6.45, 7) is 2.93. The summed E-state index contributed by atoms with van der Waals surface area (Å²) in [5, 5.41) is 2.96. The summed E-state index contributed by atoms with van der Waals surface area (Å²) in [5.41, 5.74) is 0. The normalized spacial score (nSPS) is 28.4. The number of hydrogen-bond acceptors (Lipinski definition) is 1. The average molecular weight is 195 g/mol. The molecule has 14 heavy (non-hydrogen) atoms. The quantitative estimate of drug-likeness (QED) is 0.591. The Morgan fingerprint density at radius 2 is 2.07 bits per heavy atom. The summed E-state index contributed by atoms with van der Waals surface area (Å²) in [6, 6.07) is 0. The number of carbonyl (C=O) groups is 1. The van der Waals surface area contributed by atoms with Crippen molar-refractivity contribution in [1.82, 2.24) is 5.32 Å². The Bertz CT molecular complexity index is 198. The highest BCUT2D eigenvalue weighted by atomic mass is 16.1. The molecule has 0 spiro atoms. The first-order valence-corrected chi connectivity index (χ1v) is 5.72. The van der Waals surface area contributed by atoms with Crippen LogP contribution < -0.4 is 5.32 Å². The van der Waals surface area contributed by atoms with Crippen molar-refractivity contribution in [3.8, 4) is 0 Å². The van der Waals surface area contributed by atoms with Gasteiger partial charge >= 0.3 is 0 Å². The zero-order valence-electron chi connectivity index (χ0n) is 9.09. The Kier molecular flexibility index (Phi) is 5.35. The second-order valence-electron chi connectivity index (χ2n) is 4.16. The van der Waals surface area contributed by atoms with E-state index < -0.39 is 0 Å². The van der Waals surface area contributed by atoms with Gasteiger partial charge in [-0.15, -0.1) is 0 Å². The molecule has 2 nitrogen and oxygen atoms in total. The maximum Gasteiger partial charge on any atom is 0.220 e. The van der Waals surface area contributed by atoms with Crippen LogP contribution in [0, 0.1) is 5.92 Å². The molecule has 0 fully saturated rings. The van der Waals surface area contributed by atoms with Gasteiger partial charge in [-0.05, 0) is 25.2 Å². The number of hydrogen-bond donors (Lipinski definition) is 1. The molecule has 2 heteroatoms. The highest BCUT2D eigenvalue weighted by Crippen LogP contribution is 2.08. The molecule has 1 aliphatic heterocycles. The molecule has 1 amide bonds. The van der Waals surface area contributed by atoms with Gasteiger partial charge in [0.1, 0.15) is 0 Å². The second-order valence-corrected chi connectivity index (χ2v) is 4.16. The first-order valence-electron chi connectivity index (χ1n) is 5.72. The summed E-state index contributed by atoms with van der Waals surface area (Å²) >= 11 is 0. The lowest BCUT2D eigenvalue weighted by Crippen LogP contribution is -2.27. The molecule has 1 aliphatic rings. The topological polar surface area (TPSA) is 29.1 Å². The molecule has 0 saturated carbocycles. The Balaban J connectivity index is 2.36. The van der Waals surface area contributed by atoms with Crippen LogP contribution >= 0.6 is 0 Å². The molecule has 0 aromatic rings. The first-order chi connectivity index (χ1) is 6.79. The maximum atomic E-state index is 11.3. The third-order valence-electron chi connectivity index (χ3n) is 2.61. The van der Waals surface area contributed by atoms with Crippen LogP contribution in [0.2, 0.25) is 0 Å². The van der Waals surface area contributed by atoms with Crippen molar-refractivity contribution in [3.63, 3.8) is 0 Å². The van der Waals surface area contributed by atoms with E-state index in [1.54, 1.807) is 0 Å². The van der Waals surface area contributed by atoms with Crippen molar-refractivity contribution in [1.29, 1.82) is 0 Å². The zero-order valence-corrected chi connectivity index (χ0v) is 9.09. The van der Waals surface area contributed by atoms with E-state index in [1.807, 2.05) is 0 Å². The van der Waals surface area contributed by atoms with Gasteiger partial charge < -0.3 is 5.32 Å². The average Bonchev–Trinajstić information content (AvgIpc) is 2.17. The molecular formula is C12H21NO. The van der Waals surface area contributed by atoms with Gasteiger partial charge in [0, 0.05) is 13.0 Å². The van der Waals surface area contributed by atoms with Crippen molar-refractivity contribution < 1.29 is 4.79 Å². The van der Waals surface area contributed by atoms with Crippen LogP contribution in [-0.2, 0) is 4.79 Å². The standard InChI is InChI=1S/C12H21NO/c1-11-8-6-4-2-3-5-7-9-12(14)13-10-11/h6,8,11H,2-5,7,9-10H2,1H3,(H,13,14)/b8-6+. The first kappa shape index (κ1) is 11.3. The smallest absolute Gasteiger partial charge is 0.220 e. The molecular weight excluding hydrogens is 174 g/mol. The summed E-state index contributed by atoms with van der Waals surface area (Å²) in [5.74, 6) is 0.684. The molecule has 1 N–H and O–H groups in total. The largest absolute Gasteiger partial charge is 0.356 e. The molecule has 1 rings (SSSR count). The summed E-state index contributed by atoms with van der Waals surface area (Å²) in [4.78, 5) is 11.3. The fourth-order valence-electron chi connectivity index (χ4n) is 1.66. The Morgan fingerprint density at radius 3 is 2.93 bits per heavy atom. The van der Waals surface area contributed by atoms with Crippen molar-refractivity contribution >= 4 is 5.91 Å². The minimum Gasteiger partial charge on any atom is -0.356 e. The van der Waals surface area contributed by atoms with Crippen LogP contribution in [-0.4, -0.2) is 12.5 Å². The number of rotatable bonds is 0. The lowest BCUT2D eigenvalue weighted by molar-refractivity contribution is -0.121. The molecule has 1 atom stereocenters. The molecule has 0 radical (unpaired) electrons. The maximum absolute atomic E-state index is 11.3. The van der Waals surface area contributed by atoms with Crippen molar-refractivity contribution in [2.24, 2.45) is 5.92 Å². The summed E-state index contributed by atoms with van der Waals surface area (Å²) < 4.78 is 0. The van der Waals surface area contributed by atoms with E-state index in [0.717, 1.165) is 13.0 Å². The molecule has 0 bridgehead atoms. The van der Waals surface area contributed by atoms with Gasteiger partial charge in [0.15, 0.2) is 0 Å². The van der Waals surface area contributed by atoms with E-state index in [0.29, 0.717) is 12.3 Å². The molecule has 0 aromatic heterocycles. The molecule has 1 heterocycles. The molecule has 0 aromatic carbocycles. The third kappa shape index (κ3) is 5.05. The molecule has 80 valence electrons. The van der Waals surface area contributed by atoms with Crippen LogP contribution in [0.3, 0.4) is 0 Å². The van der Waals surface area contributed by atoms with Crippen molar-refractivity contribution in [2.45, 2.75) is 45.4 Å². The monoisotopic (exact) mass is 195 g/mol. The van der Waals surface area contributed by atoms with E-state index in [1.165, 1.54) is 25.7 Å². The van der Waals surface area contributed by atoms with E-state index in [9.17, 15) is 4.79 Å². The van der Waals surface area contributed by atoms with Crippen LogP contribution in [0.15, 0.2) is 12.2 Å². The van der Waals surface area contributed by atoms with Crippen LogP contribution in [0.5, 0.6) is 0 Å². The minimum atomic E-state index is 0.214. The van der Waals surface area contributed by atoms with Gasteiger partial charge in [0.05, 0.1) is 0 Å². The minimum absolute atomic E-state index is 0.214. The van der Waals surface area contributed by atoms with E-state index in [2.05, 4.69) is 24.4 Å². The molecule has 0 saturated heterocycles. The molecule has 0 aliphatic carbocycles. The van der Waals surface area contributed by atoms with Gasteiger partial charge in [0.25, 0.3) is 0 Å². The Morgan fingerprint density at radius 1 is 1.29 bits per heavy atom. The predicted molar refractivity (Wildman–Crippen MR) is 59.0 cm³/mol. The fourth-order valence-corrected chi connectivity index (χ4v) is 1.66. The lowest BCUT2D eigenvalue weighted by atomic mass is 10.1. The summed E-state index contributed by atoms with van der Waals surface area (Å²) in [7, 11) is 0. The highest BCUT2D eigenvalue weighted by Gasteiger charge is 2.03. The SMILES string of the molecule is CC1/C=C/CCCCCCC(=O)NC1. The van der Waals surface area contributed by atoms with E-state index in [-0.39, 0.29) is 5.91 Å². The van der Waals surface area contributed by atoms with Crippen LogP contribution in [0.1, 0.15) is 45.4 Å². The van der Waals surface area contributed by atoms with Crippen LogP contribution in [0.25, 0.3) is 0 Å². The van der Waals surface area contributed by atoms with E-state index in [4.69, 9.17) is 0 Å². The molecule has 1 unspecified atom stereocenters. The van der Waals surface area contributed by atoms with Crippen molar-refractivity contribution in [3.05, 3.63) is 12.2 Å². The van der Waals surface area contributed by atoms with Crippen molar-refractivity contribution in [2.75, 3.05) is 6.54 Å². The summed E-state index contributed by atoms with van der Waals surface area (Å²) in [6.07, 6.45) is 11.1. The highest BCUT2D eigenvalue weighted by molar-refractivity contribution is 5.75.